The maximum absolute atomic E-state index is 13.7. The minimum atomic E-state index is -3.50. The summed E-state index contributed by atoms with van der Waals surface area (Å²) in [5.74, 6) is 0. The van der Waals surface area contributed by atoms with E-state index in [1.807, 2.05) is 0 Å². The zero-order chi connectivity index (χ0) is 49.0. The topological polar surface area (TPSA) is 44.8 Å². The fraction of sp³-hybridized carbons (Fsp3) is 1.00. The van der Waals surface area contributed by atoms with E-state index >= 15 is 0 Å². The molecule has 0 aliphatic heterocycles. The van der Waals surface area contributed by atoms with Gasteiger partial charge in [-0.05, 0) is 19.3 Å². The minimum absolute atomic E-state index is 0.481. The smallest absolute Gasteiger partial charge is 0.287 e. The minimum Gasteiger partial charge on any atom is -0.287 e. The van der Waals surface area contributed by atoms with Gasteiger partial charge in [0.15, 0.2) is 0 Å². The summed E-state index contributed by atoms with van der Waals surface area (Å²) in [6.45, 7) is 8.35. The Kier molecular flexibility index (Phi) is 61.5. The van der Waals surface area contributed by atoms with Crippen molar-refractivity contribution in [2.24, 2.45) is 0 Å². The molecule has 4 nitrogen and oxygen atoms in total. The Bertz CT molecular complexity index is 813. The van der Waals surface area contributed by atoms with Gasteiger partial charge in [0, 0.05) is 0 Å². The molecule has 0 spiro atoms. The summed E-state index contributed by atoms with van der Waals surface area (Å²) < 4.78 is 31.6. The van der Waals surface area contributed by atoms with Crippen molar-refractivity contribution in [1.29, 1.82) is 0 Å². The summed E-state index contributed by atoms with van der Waals surface area (Å²) in [4.78, 5) is 0. The summed E-state index contributed by atoms with van der Waals surface area (Å²) in [7, 11) is -3.50. The molecule has 0 fully saturated rings. The second kappa shape index (κ2) is 61.4. The van der Waals surface area contributed by atoms with Crippen LogP contribution in [-0.4, -0.2) is 19.8 Å². The van der Waals surface area contributed by atoms with E-state index < -0.39 is 7.82 Å². The Labute approximate surface area is 430 Å². The molecule has 68 heavy (non-hydrogen) atoms. The van der Waals surface area contributed by atoms with Crippen molar-refractivity contribution >= 4 is 7.82 Å². The lowest BCUT2D eigenvalue weighted by molar-refractivity contribution is 0.108. The second-order valence-electron chi connectivity index (χ2n) is 22.0. The predicted octanol–water partition coefficient (Wildman–Crippen LogP) is 24.4. The van der Waals surface area contributed by atoms with Gasteiger partial charge in [-0.3, -0.25) is 13.6 Å². The van der Waals surface area contributed by atoms with E-state index in [2.05, 4.69) is 20.8 Å². The van der Waals surface area contributed by atoms with Crippen LogP contribution in [0.2, 0.25) is 0 Å². The maximum atomic E-state index is 13.7. The molecular weight excluding hydrogens is 852 g/mol. The van der Waals surface area contributed by atoms with E-state index in [0.717, 1.165) is 38.5 Å². The van der Waals surface area contributed by atoms with E-state index in [9.17, 15) is 4.57 Å². The van der Waals surface area contributed by atoms with Crippen LogP contribution in [0, 0.1) is 0 Å². The van der Waals surface area contributed by atoms with Crippen LogP contribution in [0.25, 0.3) is 0 Å². The molecule has 0 aromatic carbocycles. The lowest BCUT2D eigenvalue weighted by Crippen LogP contribution is -2.04. The molecule has 0 radical (unpaired) electrons. The van der Waals surface area contributed by atoms with Crippen LogP contribution in [0.4, 0.5) is 0 Å². The molecule has 0 aromatic rings. The van der Waals surface area contributed by atoms with E-state index in [4.69, 9.17) is 13.6 Å². The number of hydrogen-bond acceptors (Lipinski definition) is 4. The highest BCUT2D eigenvalue weighted by atomic mass is 31.2. The highest BCUT2D eigenvalue weighted by Gasteiger charge is 2.26. The van der Waals surface area contributed by atoms with E-state index in [1.165, 1.54) is 327 Å². The molecule has 0 aliphatic carbocycles. The van der Waals surface area contributed by atoms with Gasteiger partial charge < -0.3 is 0 Å². The SMILES string of the molecule is CCCCCCCCCCCCCCCCCCCCCOP(=O)(OCCCCCCCCCCCCCCCCCCCCC)OCCCCCCCCCCCCCCCCCCCCC. The van der Waals surface area contributed by atoms with Crippen molar-refractivity contribution in [2.45, 2.75) is 387 Å². The Hall–Kier alpha value is 0.110. The van der Waals surface area contributed by atoms with E-state index in [-0.39, 0.29) is 0 Å². The Morgan fingerprint density at radius 3 is 0.397 bits per heavy atom. The van der Waals surface area contributed by atoms with Crippen LogP contribution >= 0.6 is 7.82 Å². The fourth-order valence-electron chi connectivity index (χ4n) is 10.2. The van der Waals surface area contributed by atoms with Crippen LogP contribution in [0.1, 0.15) is 387 Å². The van der Waals surface area contributed by atoms with Crippen LogP contribution in [0.3, 0.4) is 0 Å². The lowest BCUT2D eigenvalue weighted by Gasteiger charge is -2.18. The largest absolute Gasteiger partial charge is 0.474 e. The zero-order valence-electron chi connectivity index (χ0n) is 47.5. The number of phosphoric acid groups is 1. The van der Waals surface area contributed by atoms with Gasteiger partial charge >= 0.3 is 7.82 Å². The molecule has 0 unspecified atom stereocenters. The maximum Gasteiger partial charge on any atom is 0.474 e. The van der Waals surface area contributed by atoms with Crippen molar-refractivity contribution < 1.29 is 18.1 Å². The Balaban J connectivity index is 4.09. The number of unbranched alkanes of at least 4 members (excludes halogenated alkanes) is 54. The van der Waals surface area contributed by atoms with Crippen molar-refractivity contribution in [3.8, 4) is 0 Å². The van der Waals surface area contributed by atoms with Gasteiger partial charge in [-0.2, -0.15) is 0 Å². The summed E-state index contributed by atoms with van der Waals surface area (Å²) in [6, 6.07) is 0. The molecule has 5 heteroatoms. The molecule has 0 amide bonds. The van der Waals surface area contributed by atoms with Gasteiger partial charge in [-0.15, -0.1) is 0 Å². The first-order chi connectivity index (χ1) is 33.7. The van der Waals surface area contributed by atoms with Crippen molar-refractivity contribution in [2.75, 3.05) is 19.8 Å². The van der Waals surface area contributed by atoms with E-state index in [1.54, 1.807) is 0 Å². The van der Waals surface area contributed by atoms with Gasteiger partial charge in [-0.1, -0.05) is 367 Å². The van der Waals surface area contributed by atoms with Gasteiger partial charge in [0.05, 0.1) is 19.8 Å². The molecule has 0 N–H and O–H groups in total. The molecule has 0 atom stereocenters. The fourth-order valence-corrected chi connectivity index (χ4v) is 11.5. The zero-order valence-corrected chi connectivity index (χ0v) is 48.4. The summed E-state index contributed by atoms with van der Waals surface area (Å²) in [6.07, 6.45) is 77.9. The Morgan fingerprint density at radius 2 is 0.279 bits per heavy atom. The molecule has 0 saturated carbocycles. The van der Waals surface area contributed by atoms with Gasteiger partial charge in [-0.25, -0.2) is 4.57 Å². The van der Waals surface area contributed by atoms with Crippen molar-refractivity contribution in [3.05, 3.63) is 0 Å². The third-order valence-corrected chi connectivity index (χ3v) is 16.5. The van der Waals surface area contributed by atoms with Gasteiger partial charge in [0.2, 0.25) is 0 Å². The van der Waals surface area contributed by atoms with Gasteiger partial charge in [0.25, 0.3) is 0 Å². The summed E-state index contributed by atoms with van der Waals surface area (Å²) in [5, 5.41) is 0. The molecule has 0 rings (SSSR count). The van der Waals surface area contributed by atoms with Crippen LogP contribution < -0.4 is 0 Å². The average Bonchev–Trinajstić information content (AvgIpc) is 3.34. The normalized spacial score (nSPS) is 12.0. The lowest BCUT2D eigenvalue weighted by atomic mass is 10.0. The molecule has 0 bridgehead atoms. The van der Waals surface area contributed by atoms with Crippen LogP contribution in [0.15, 0.2) is 0 Å². The molecular formula is C63H129O4P. The summed E-state index contributed by atoms with van der Waals surface area (Å²) in [5.41, 5.74) is 0. The average molecular weight is 982 g/mol. The highest BCUT2D eigenvalue weighted by Crippen LogP contribution is 2.50. The number of phosphoric ester groups is 1. The quantitative estimate of drug-likeness (QED) is 0.0450. The molecule has 0 heterocycles. The van der Waals surface area contributed by atoms with Crippen molar-refractivity contribution in [3.63, 3.8) is 0 Å². The van der Waals surface area contributed by atoms with Crippen LogP contribution in [0.5, 0.6) is 0 Å². The third kappa shape index (κ3) is 58.7. The first-order valence-corrected chi connectivity index (χ1v) is 33.7. The molecule has 0 aliphatic rings. The molecule has 410 valence electrons. The van der Waals surface area contributed by atoms with Gasteiger partial charge in [0.1, 0.15) is 0 Å². The number of hydrogen-bond donors (Lipinski definition) is 0. The highest BCUT2D eigenvalue weighted by molar-refractivity contribution is 7.48. The molecule has 0 aromatic heterocycles. The number of rotatable bonds is 63. The van der Waals surface area contributed by atoms with Crippen LogP contribution in [-0.2, 0) is 18.1 Å². The standard InChI is InChI=1S/C63H129O4P/c1-4-7-10-13-16-19-22-25-28-31-34-37-40-43-46-49-52-55-58-61-65-68(64,66-62-59-56-53-50-47-44-41-38-35-32-29-26-23-20-17-14-11-8-5-2)67-63-60-57-54-51-48-45-42-39-36-33-30-27-24-21-18-15-12-9-6-3/h4-63H2,1-3H3. The van der Waals surface area contributed by atoms with E-state index in [0.29, 0.717) is 19.8 Å². The first kappa shape index (κ1) is 68.1. The van der Waals surface area contributed by atoms with Crippen molar-refractivity contribution in [1.82, 2.24) is 0 Å². The Morgan fingerprint density at radius 1 is 0.176 bits per heavy atom. The predicted molar refractivity (Wildman–Crippen MR) is 306 cm³/mol. The summed E-state index contributed by atoms with van der Waals surface area (Å²) >= 11 is 0. The third-order valence-electron chi connectivity index (χ3n) is 15.0. The first-order valence-electron chi connectivity index (χ1n) is 32.2. The second-order valence-corrected chi connectivity index (χ2v) is 23.7. The molecule has 0 saturated heterocycles. The monoisotopic (exact) mass is 981 g/mol.